The monoisotopic (exact) mass is 148 g/mol. The molecule has 2 heterocycles. The third kappa shape index (κ3) is 0.832. The number of aryl methyl sites for hydroxylation is 1. The van der Waals surface area contributed by atoms with Crippen LogP contribution in [-0.4, -0.2) is 14.6 Å². The van der Waals surface area contributed by atoms with Gasteiger partial charge in [0.05, 0.1) is 23.8 Å². The van der Waals surface area contributed by atoms with Crippen LogP contribution in [0.5, 0.6) is 0 Å². The lowest BCUT2D eigenvalue weighted by atomic mass is 10.5. The molecule has 0 atom stereocenters. The molecule has 4 heteroatoms. The molecule has 56 valence electrons. The Morgan fingerprint density at radius 1 is 1.45 bits per heavy atom. The molecule has 4 nitrogen and oxygen atoms in total. The van der Waals surface area contributed by atoms with Crippen molar-refractivity contribution < 1.29 is 0 Å². The van der Waals surface area contributed by atoms with E-state index in [1.807, 2.05) is 6.92 Å². The van der Waals surface area contributed by atoms with E-state index in [1.54, 1.807) is 23.0 Å². The van der Waals surface area contributed by atoms with Gasteiger partial charge in [0.25, 0.3) is 0 Å². The molecule has 2 N–H and O–H groups in total. The minimum absolute atomic E-state index is 0.642. The van der Waals surface area contributed by atoms with Crippen LogP contribution in [0.3, 0.4) is 0 Å². The van der Waals surface area contributed by atoms with Crippen LogP contribution in [-0.2, 0) is 0 Å². The van der Waals surface area contributed by atoms with Gasteiger partial charge in [0.1, 0.15) is 0 Å². The zero-order chi connectivity index (χ0) is 7.84. The summed E-state index contributed by atoms with van der Waals surface area (Å²) in [7, 11) is 0. The van der Waals surface area contributed by atoms with Crippen molar-refractivity contribution in [3.05, 3.63) is 24.2 Å². The molecular formula is C7H8N4. The number of aromatic nitrogens is 3. The molecule has 0 saturated carbocycles. The van der Waals surface area contributed by atoms with Gasteiger partial charge in [0.15, 0.2) is 5.65 Å². The first kappa shape index (κ1) is 6.15. The van der Waals surface area contributed by atoms with Crippen molar-refractivity contribution in [3.63, 3.8) is 0 Å². The van der Waals surface area contributed by atoms with E-state index >= 15 is 0 Å². The van der Waals surface area contributed by atoms with E-state index in [-0.39, 0.29) is 0 Å². The van der Waals surface area contributed by atoms with Crippen molar-refractivity contribution in [3.8, 4) is 0 Å². The molecule has 0 fully saturated rings. The Kier molecular flexibility index (Phi) is 1.09. The van der Waals surface area contributed by atoms with Gasteiger partial charge in [-0.25, -0.2) is 9.50 Å². The van der Waals surface area contributed by atoms with Gasteiger partial charge < -0.3 is 5.73 Å². The zero-order valence-corrected chi connectivity index (χ0v) is 6.15. The minimum Gasteiger partial charge on any atom is -0.397 e. The fraction of sp³-hybridized carbons (Fsp3) is 0.143. The number of nitrogens with zero attached hydrogens (tertiary/aromatic N) is 3. The third-order valence-corrected chi connectivity index (χ3v) is 1.55. The second-order valence-corrected chi connectivity index (χ2v) is 2.46. The minimum atomic E-state index is 0.642. The SMILES string of the molecule is Cc1cnc2cc(N)cnn12. The fourth-order valence-electron chi connectivity index (χ4n) is 1.01. The molecule has 0 aromatic carbocycles. The third-order valence-electron chi connectivity index (χ3n) is 1.55. The summed E-state index contributed by atoms with van der Waals surface area (Å²) in [6.45, 7) is 1.95. The Morgan fingerprint density at radius 3 is 3.09 bits per heavy atom. The Morgan fingerprint density at radius 2 is 2.27 bits per heavy atom. The fourth-order valence-corrected chi connectivity index (χ4v) is 1.01. The number of nitrogens with two attached hydrogens (primary N) is 1. The number of fused-ring (bicyclic) bond motifs is 1. The molecule has 0 saturated heterocycles. The van der Waals surface area contributed by atoms with E-state index in [4.69, 9.17) is 5.73 Å². The maximum absolute atomic E-state index is 5.52. The number of hydrogen-bond acceptors (Lipinski definition) is 3. The summed E-state index contributed by atoms with van der Waals surface area (Å²) in [5.41, 5.74) is 7.97. The summed E-state index contributed by atoms with van der Waals surface area (Å²) < 4.78 is 1.75. The number of anilines is 1. The van der Waals surface area contributed by atoms with Crippen LogP contribution in [0.1, 0.15) is 5.69 Å². The first-order chi connectivity index (χ1) is 5.27. The topological polar surface area (TPSA) is 56.2 Å². The van der Waals surface area contributed by atoms with E-state index in [0.29, 0.717) is 5.69 Å². The van der Waals surface area contributed by atoms with Gasteiger partial charge in [0.2, 0.25) is 0 Å². The highest BCUT2D eigenvalue weighted by Crippen LogP contribution is 2.06. The average Bonchev–Trinajstić information content (AvgIpc) is 2.32. The van der Waals surface area contributed by atoms with Crippen LogP contribution >= 0.6 is 0 Å². The van der Waals surface area contributed by atoms with E-state index < -0.39 is 0 Å². The van der Waals surface area contributed by atoms with Crippen molar-refractivity contribution in [1.82, 2.24) is 14.6 Å². The second kappa shape index (κ2) is 1.95. The predicted molar refractivity (Wildman–Crippen MR) is 42.1 cm³/mol. The maximum Gasteiger partial charge on any atom is 0.155 e. The highest BCUT2D eigenvalue weighted by Gasteiger charge is 1.98. The summed E-state index contributed by atoms with van der Waals surface area (Å²) >= 11 is 0. The normalized spacial score (nSPS) is 10.6. The molecule has 11 heavy (non-hydrogen) atoms. The average molecular weight is 148 g/mol. The first-order valence-corrected chi connectivity index (χ1v) is 3.33. The first-order valence-electron chi connectivity index (χ1n) is 3.33. The van der Waals surface area contributed by atoms with Crippen molar-refractivity contribution in [1.29, 1.82) is 0 Å². The Balaban J connectivity index is 2.86. The zero-order valence-electron chi connectivity index (χ0n) is 6.15. The summed E-state index contributed by atoms with van der Waals surface area (Å²) in [5, 5.41) is 4.07. The highest BCUT2D eigenvalue weighted by molar-refractivity contribution is 5.49. The summed E-state index contributed by atoms with van der Waals surface area (Å²) in [5.74, 6) is 0. The molecule has 0 unspecified atom stereocenters. The number of rotatable bonds is 0. The van der Waals surface area contributed by atoms with Gasteiger partial charge in [-0.05, 0) is 6.92 Å². The van der Waals surface area contributed by atoms with Gasteiger partial charge >= 0.3 is 0 Å². The van der Waals surface area contributed by atoms with Crippen molar-refractivity contribution >= 4 is 11.3 Å². The lowest BCUT2D eigenvalue weighted by Gasteiger charge is -1.94. The van der Waals surface area contributed by atoms with E-state index in [2.05, 4.69) is 10.1 Å². The molecular weight excluding hydrogens is 140 g/mol. The number of hydrogen-bond donors (Lipinski definition) is 1. The molecule has 2 aromatic rings. The largest absolute Gasteiger partial charge is 0.397 e. The lowest BCUT2D eigenvalue weighted by Crippen LogP contribution is -1.95. The van der Waals surface area contributed by atoms with Crippen molar-refractivity contribution in [2.75, 3.05) is 5.73 Å². The summed E-state index contributed by atoms with van der Waals surface area (Å²) in [6.07, 6.45) is 3.38. The maximum atomic E-state index is 5.52. The van der Waals surface area contributed by atoms with Crippen LogP contribution in [0.15, 0.2) is 18.5 Å². The smallest absolute Gasteiger partial charge is 0.155 e. The quantitative estimate of drug-likeness (QED) is 0.595. The molecule has 0 bridgehead atoms. The molecule has 2 rings (SSSR count). The van der Waals surface area contributed by atoms with Crippen LogP contribution in [0.2, 0.25) is 0 Å². The Hall–Kier alpha value is -1.58. The molecule has 0 radical (unpaired) electrons. The molecule has 0 aliphatic carbocycles. The van der Waals surface area contributed by atoms with Crippen LogP contribution in [0, 0.1) is 6.92 Å². The molecule has 0 aliphatic heterocycles. The highest BCUT2D eigenvalue weighted by atomic mass is 15.2. The van der Waals surface area contributed by atoms with Gasteiger partial charge in [0, 0.05) is 6.07 Å². The van der Waals surface area contributed by atoms with Gasteiger partial charge in [-0.3, -0.25) is 0 Å². The second-order valence-electron chi connectivity index (χ2n) is 2.46. The van der Waals surface area contributed by atoms with Gasteiger partial charge in [-0.15, -0.1) is 0 Å². The molecule has 0 spiro atoms. The van der Waals surface area contributed by atoms with E-state index in [0.717, 1.165) is 11.3 Å². The van der Waals surface area contributed by atoms with Crippen LogP contribution in [0.4, 0.5) is 5.69 Å². The molecule has 2 aromatic heterocycles. The standard InChI is InChI=1S/C7H8N4/c1-5-3-9-7-2-6(8)4-10-11(5)7/h2-4H,8H2,1H3. The summed E-state index contributed by atoms with van der Waals surface area (Å²) in [4.78, 5) is 4.10. The van der Waals surface area contributed by atoms with Gasteiger partial charge in [-0.2, -0.15) is 5.10 Å². The van der Waals surface area contributed by atoms with Crippen molar-refractivity contribution in [2.24, 2.45) is 0 Å². The Bertz CT molecular complexity index is 390. The predicted octanol–water partition coefficient (Wildman–Crippen LogP) is 0.620. The molecule has 0 aliphatic rings. The van der Waals surface area contributed by atoms with Gasteiger partial charge in [-0.1, -0.05) is 0 Å². The van der Waals surface area contributed by atoms with Crippen molar-refractivity contribution in [2.45, 2.75) is 6.92 Å². The number of imidazole rings is 1. The number of nitrogen functional groups attached to an aromatic ring is 1. The van der Waals surface area contributed by atoms with Crippen LogP contribution < -0.4 is 5.73 Å². The summed E-state index contributed by atoms with van der Waals surface area (Å²) in [6, 6.07) is 1.79. The molecule has 0 amide bonds. The lowest BCUT2D eigenvalue weighted by molar-refractivity contribution is 0.901. The van der Waals surface area contributed by atoms with E-state index in [9.17, 15) is 0 Å². The van der Waals surface area contributed by atoms with E-state index in [1.165, 1.54) is 0 Å². The Labute approximate surface area is 63.7 Å². The van der Waals surface area contributed by atoms with Crippen LogP contribution in [0.25, 0.3) is 5.65 Å².